The molecule has 2 amide bonds. The van der Waals surface area contributed by atoms with Gasteiger partial charge in [0, 0.05) is 18.8 Å². The van der Waals surface area contributed by atoms with E-state index < -0.39 is 29.6 Å². The van der Waals surface area contributed by atoms with Crippen LogP contribution in [0.3, 0.4) is 0 Å². The smallest absolute Gasteiger partial charge is 0.370 e. The van der Waals surface area contributed by atoms with Gasteiger partial charge in [-0.05, 0) is 30.7 Å². The number of nitrogens with two attached hydrogens (primary N) is 1. The molecule has 4 N–H and O–H groups in total. The Labute approximate surface area is 161 Å². The lowest BCUT2D eigenvalue weighted by molar-refractivity contribution is -0.137. The van der Waals surface area contributed by atoms with Crippen molar-refractivity contribution < 1.29 is 27.5 Å². The number of halogens is 3. The number of carbonyl (C=O) groups is 2. The Morgan fingerprint density at radius 3 is 2.64 bits per heavy atom. The molecular weight excluding hydrogens is 377 g/mol. The zero-order valence-corrected chi connectivity index (χ0v) is 15.8. The minimum atomic E-state index is -4.70. The number of carbonyl (C=O) groups excluding carboxylic acids is 2. The standard InChI is InChI=1S/C18H25F3N4O3/c1-11(2)9-23-14(8-22)17(27)24-12-3-4-15(13(7-12)18(19,20)21)25-5-6-28-10-16(25)26/h3-4,7,11,14,23H,5-6,8-10,22H2,1-2H3,(H,24,27)/t14-/m1/s1. The quantitative estimate of drug-likeness (QED) is 0.644. The topological polar surface area (TPSA) is 96.7 Å². The van der Waals surface area contributed by atoms with Crippen molar-refractivity contribution in [1.29, 1.82) is 0 Å². The van der Waals surface area contributed by atoms with Crippen LogP contribution in [0.15, 0.2) is 18.2 Å². The third-order valence-corrected chi connectivity index (χ3v) is 4.17. The van der Waals surface area contributed by atoms with Gasteiger partial charge in [-0.25, -0.2) is 0 Å². The van der Waals surface area contributed by atoms with E-state index in [0.29, 0.717) is 6.54 Å². The second-order valence-electron chi connectivity index (χ2n) is 6.91. The van der Waals surface area contributed by atoms with Gasteiger partial charge >= 0.3 is 6.18 Å². The molecule has 0 saturated carbocycles. The number of benzene rings is 1. The number of nitrogens with one attached hydrogen (secondary N) is 2. The minimum Gasteiger partial charge on any atom is -0.370 e. The Hall–Kier alpha value is -2.17. The summed E-state index contributed by atoms with van der Waals surface area (Å²) in [5.41, 5.74) is 4.31. The Morgan fingerprint density at radius 2 is 2.07 bits per heavy atom. The van der Waals surface area contributed by atoms with Crippen molar-refractivity contribution in [2.24, 2.45) is 11.7 Å². The number of nitrogens with zero attached hydrogens (tertiary/aromatic N) is 1. The lowest BCUT2D eigenvalue weighted by Gasteiger charge is -2.29. The predicted molar refractivity (Wildman–Crippen MR) is 98.9 cm³/mol. The fourth-order valence-corrected chi connectivity index (χ4v) is 2.74. The molecule has 1 aliphatic rings. The molecule has 1 aliphatic heterocycles. The molecule has 1 saturated heterocycles. The van der Waals surface area contributed by atoms with Crippen LogP contribution in [0.1, 0.15) is 19.4 Å². The van der Waals surface area contributed by atoms with Gasteiger partial charge in [0.05, 0.1) is 23.9 Å². The first-order valence-corrected chi connectivity index (χ1v) is 8.97. The van der Waals surface area contributed by atoms with Crippen LogP contribution in [0.2, 0.25) is 0 Å². The van der Waals surface area contributed by atoms with Crippen molar-refractivity contribution in [2.45, 2.75) is 26.1 Å². The third-order valence-electron chi connectivity index (χ3n) is 4.17. The summed E-state index contributed by atoms with van der Waals surface area (Å²) in [5, 5.41) is 5.44. The lowest BCUT2D eigenvalue weighted by Crippen LogP contribution is -2.47. The van der Waals surface area contributed by atoms with Crippen LogP contribution >= 0.6 is 0 Å². The Kier molecular flexibility index (Phi) is 7.39. The molecule has 1 aromatic rings. The first-order valence-electron chi connectivity index (χ1n) is 8.97. The van der Waals surface area contributed by atoms with Crippen molar-refractivity contribution in [2.75, 3.05) is 43.1 Å². The van der Waals surface area contributed by atoms with E-state index in [1.165, 1.54) is 12.1 Å². The Bertz CT molecular complexity index is 710. The van der Waals surface area contributed by atoms with Crippen LogP contribution in [0.5, 0.6) is 0 Å². The normalized spacial score (nSPS) is 16.4. The van der Waals surface area contributed by atoms with Gasteiger partial charge in [0.25, 0.3) is 5.91 Å². The molecule has 0 aromatic heterocycles. The number of rotatable bonds is 7. The number of morpholine rings is 1. The summed E-state index contributed by atoms with van der Waals surface area (Å²) in [6.07, 6.45) is -4.70. The maximum Gasteiger partial charge on any atom is 0.418 e. The van der Waals surface area contributed by atoms with Crippen LogP contribution in [0.25, 0.3) is 0 Å². The summed E-state index contributed by atoms with van der Waals surface area (Å²) in [4.78, 5) is 25.3. The molecule has 1 atom stereocenters. The van der Waals surface area contributed by atoms with Gasteiger partial charge < -0.3 is 26.0 Å². The van der Waals surface area contributed by atoms with E-state index in [1.54, 1.807) is 0 Å². The molecule has 0 radical (unpaired) electrons. The predicted octanol–water partition coefficient (Wildman–Crippen LogP) is 1.58. The van der Waals surface area contributed by atoms with Crippen molar-refractivity contribution >= 4 is 23.2 Å². The highest BCUT2D eigenvalue weighted by molar-refractivity contribution is 5.98. The summed E-state index contributed by atoms with van der Waals surface area (Å²) < 4.78 is 45.7. The van der Waals surface area contributed by atoms with E-state index in [9.17, 15) is 22.8 Å². The van der Waals surface area contributed by atoms with Crippen molar-refractivity contribution in [3.05, 3.63) is 23.8 Å². The molecule has 7 nitrogen and oxygen atoms in total. The van der Waals surface area contributed by atoms with Crippen LogP contribution in [-0.4, -0.2) is 50.7 Å². The lowest BCUT2D eigenvalue weighted by atomic mass is 10.1. The fourth-order valence-electron chi connectivity index (χ4n) is 2.74. The van der Waals surface area contributed by atoms with E-state index in [1.807, 2.05) is 13.8 Å². The molecule has 28 heavy (non-hydrogen) atoms. The molecular formula is C18H25F3N4O3. The zero-order valence-electron chi connectivity index (χ0n) is 15.8. The summed E-state index contributed by atoms with van der Waals surface area (Å²) in [7, 11) is 0. The van der Waals surface area contributed by atoms with Gasteiger partial charge in [0.1, 0.15) is 6.61 Å². The highest BCUT2D eigenvalue weighted by atomic mass is 19.4. The number of anilines is 2. The highest BCUT2D eigenvalue weighted by Gasteiger charge is 2.37. The molecule has 0 unspecified atom stereocenters. The second kappa shape index (κ2) is 9.35. The maximum absolute atomic E-state index is 13.6. The number of hydrogen-bond donors (Lipinski definition) is 3. The summed E-state index contributed by atoms with van der Waals surface area (Å²) in [6.45, 7) is 4.38. The third kappa shape index (κ3) is 5.66. The molecule has 156 valence electrons. The van der Waals surface area contributed by atoms with E-state index in [4.69, 9.17) is 10.5 Å². The van der Waals surface area contributed by atoms with E-state index in [-0.39, 0.29) is 43.6 Å². The summed E-state index contributed by atoms with van der Waals surface area (Å²) in [5.74, 6) is -0.787. The molecule has 1 fully saturated rings. The molecule has 0 bridgehead atoms. The average Bonchev–Trinajstić information content (AvgIpc) is 2.62. The molecule has 10 heteroatoms. The first-order chi connectivity index (χ1) is 13.1. The maximum atomic E-state index is 13.6. The second-order valence-corrected chi connectivity index (χ2v) is 6.91. The number of amides is 2. The molecule has 1 aromatic carbocycles. The van der Waals surface area contributed by atoms with Crippen LogP contribution < -0.4 is 21.3 Å². The molecule has 1 heterocycles. The minimum absolute atomic E-state index is 0.00500. The van der Waals surface area contributed by atoms with E-state index in [2.05, 4.69) is 10.6 Å². The van der Waals surface area contributed by atoms with E-state index >= 15 is 0 Å². The molecule has 0 aliphatic carbocycles. The van der Waals surface area contributed by atoms with Gasteiger partial charge in [-0.2, -0.15) is 13.2 Å². The van der Waals surface area contributed by atoms with Crippen molar-refractivity contribution in [3.63, 3.8) is 0 Å². The number of alkyl halides is 3. The number of ether oxygens (including phenoxy) is 1. The van der Waals surface area contributed by atoms with Crippen LogP contribution in [0.4, 0.5) is 24.5 Å². The zero-order chi connectivity index (χ0) is 20.9. The Balaban J connectivity index is 2.24. The van der Waals surface area contributed by atoms with Gasteiger partial charge in [-0.3, -0.25) is 9.59 Å². The van der Waals surface area contributed by atoms with Gasteiger partial charge in [0.15, 0.2) is 0 Å². The largest absolute Gasteiger partial charge is 0.418 e. The van der Waals surface area contributed by atoms with Gasteiger partial charge in [-0.1, -0.05) is 13.8 Å². The Morgan fingerprint density at radius 1 is 1.36 bits per heavy atom. The SMILES string of the molecule is CC(C)CN[C@H](CN)C(=O)Nc1ccc(N2CCOCC2=O)c(C(F)(F)F)c1. The van der Waals surface area contributed by atoms with Crippen molar-refractivity contribution in [1.82, 2.24) is 5.32 Å². The van der Waals surface area contributed by atoms with Crippen molar-refractivity contribution in [3.8, 4) is 0 Å². The highest BCUT2D eigenvalue weighted by Crippen LogP contribution is 2.38. The summed E-state index contributed by atoms with van der Waals surface area (Å²) >= 11 is 0. The monoisotopic (exact) mass is 402 g/mol. The van der Waals surface area contributed by atoms with Crippen LogP contribution in [0, 0.1) is 5.92 Å². The first kappa shape index (κ1) is 22.1. The molecule has 0 spiro atoms. The fraction of sp³-hybridized carbons (Fsp3) is 0.556. The van der Waals surface area contributed by atoms with Gasteiger partial charge in [0.2, 0.25) is 5.91 Å². The average molecular weight is 402 g/mol. The number of hydrogen-bond acceptors (Lipinski definition) is 5. The van der Waals surface area contributed by atoms with Gasteiger partial charge in [-0.15, -0.1) is 0 Å². The summed E-state index contributed by atoms with van der Waals surface area (Å²) in [6, 6.07) is 2.62. The van der Waals surface area contributed by atoms with E-state index in [0.717, 1.165) is 11.0 Å². The molecule has 2 rings (SSSR count). The van der Waals surface area contributed by atoms with Crippen LogP contribution in [-0.2, 0) is 20.5 Å².